The number of hydrogen-bond acceptors (Lipinski definition) is 5. The molecule has 1 amide bonds. The zero-order valence-electron chi connectivity index (χ0n) is 12.1. The van der Waals surface area contributed by atoms with Crippen molar-refractivity contribution in [1.29, 1.82) is 0 Å². The van der Waals surface area contributed by atoms with Crippen LogP contribution in [0.2, 0.25) is 0 Å². The molecule has 0 fully saturated rings. The molecular weight excluding hydrogens is 286 g/mol. The number of nitrogens with one attached hydrogen (secondary N) is 1. The smallest absolute Gasteiger partial charge is 0.263 e. The van der Waals surface area contributed by atoms with Gasteiger partial charge in [0.25, 0.3) is 5.91 Å². The number of hydrogen-bond donors (Lipinski definition) is 3. The summed E-state index contributed by atoms with van der Waals surface area (Å²) >= 11 is 1.36. The molecule has 0 aromatic carbocycles. The lowest BCUT2D eigenvalue weighted by Gasteiger charge is -2.15. The summed E-state index contributed by atoms with van der Waals surface area (Å²) in [5.41, 5.74) is 7.15. The van der Waals surface area contributed by atoms with Crippen molar-refractivity contribution in [1.82, 2.24) is 10.3 Å². The number of aromatic nitrogens is 1. The largest absolute Gasteiger partial charge is 0.396 e. The Bertz CT molecular complexity index is 606. The number of nitrogens with two attached hydrogens (primary N) is 1. The number of rotatable bonds is 7. The van der Waals surface area contributed by atoms with E-state index in [0.717, 1.165) is 17.5 Å². The monoisotopic (exact) mass is 307 g/mol. The third kappa shape index (κ3) is 3.71. The minimum absolute atomic E-state index is 0.148. The molecular formula is C15H21N3O2S. The maximum atomic E-state index is 12.3. The first-order valence-electron chi connectivity index (χ1n) is 7.19. The summed E-state index contributed by atoms with van der Waals surface area (Å²) in [6.45, 7) is 2.81. The van der Waals surface area contributed by atoms with Gasteiger partial charge in [-0.2, -0.15) is 0 Å². The van der Waals surface area contributed by atoms with Gasteiger partial charge in [0.15, 0.2) is 0 Å². The molecule has 0 aliphatic rings. The zero-order valence-corrected chi connectivity index (χ0v) is 12.9. The average Bonchev–Trinajstić information content (AvgIpc) is 2.83. The van der Waals surface area contributed by atoms with E-state index < -0.39 is 0 Å². The van der Waals surface area contributed by atoms with Gasteiger partial charge in [-0.1, -0.05) is 13.3 Å². The molecule has 0 radical (unpaired) electrons. The van der Waals surface area contributed by atoms with E-state index in [0.29, 0.717) is 35.0 Å². The number of anilines is 1. The molecule has 21 heavy (non-hydrogen) atoms. The van der Waals surface area contributed by atoms with E-state index in [4.69, 9.17) is 10.8 Å². The molecule has 2 aromatic rings. The molecule has 4 N–H and O–H groups in total. The molecule has 0 aliphatic carbocycles. The first-order valence-corrected chi connectivity index (χ1v) is 8.01. The summed E-state index contributed by atoms with van der Waals surface area (Å²) in [4.78, 5) is 17.0. The van der Waals surface area contributed by atoms with Crippen molar-refractivity contribution in [2.24, 2.45) is 5.92 Å². The SMILES string of the molecule is CCCC(CCO)CNC(=O)c1sc2cccnc2c1N. The van der Waals surface area contributed by atoms with Crippen molar-refractivity contribution in [3.63, 3.8) is 0 Å². The minimum atomic E-state index is -0.158. The molecule has 6 heteroatoms. The summed E-state index contributed by atoms with van der Waals surface area (Å²) in [7, 11) is 0. The maximum Gasteiger partial charge on any atom is 0.263 e. The predicted molar refractivity (Wildman–Crippen MR) is 86.5 cm³/mol. The predicted octanol–water partition coefficient (Wildman–Crippen LogP) is 2.41. The summed E-state index contributed by atoms with van der Waals surface area (Å²) < 4.78 is 0.917. The fraction of sp³-hybridized carbons (Fsp3) is 0.467. The van der Waals surface area contributed by atoms with Gasteiger partial charge in [-0.25, -0.2) is 0 Å². The van der Waals surface area contributed by atoms with E-state index >= 15 is 0 Å². The number of aliphatic hydroxyl groups is 1. The summed E-state index contributed by atoms with van der Waals surface area (Å²) in [6, 6.07) is 3.74. The quantitative estimate of drug-likeness (QED) is 0.733. The normalized spacial score (nSPS) is 12.5. The maximum absolute atomic E-state index is 12.3. The van der Waals surface area contributed by atoms with E-state index in [2.05, 4.69) is 17.2 Å². The average molecular weight is 307 g/mol. The Hall–Kier alpha value is -1.66. The van der Waals surface area contributed by atoms with Crippen LogP contribution in [-0.2, 0) is 0 Å². The van der Waals surface area contributed by atoms with Crippen molar-refractivity contribution in [3.05, 3.63) is 23.2 Å². The molecule has 5 nitrogen and oxygen atoms in total. The number of carbonyl (C=O) groups excluding carboxylic acids is 1. The minimum Gasteiger partial charge on any atom is -0.396 e. The molecule has 0 bridgehead atoms. The lowest BCUT2D eigenvalue weighted by molar-refractivity contribution is 0.0948. The Kier molecular flexibility index (Phi) is 5.52. The molecule has 1 atom stereocenters. The number of aliphatic hydroxyl groups excluding tert-OH is 1. The van der Waals surface area contributed by atoms with Gasteiger partial charge in [0.05, 0.1) is 10.4 Å². The van der Waals surface area contributed by atoms with Crippen LogP contribution in [0, 0.1) is 5.92 Å². The highest BCUT2D eigenvalue weighted by Gasteiger charge is 2.18. The topological polar surface area (TPSA) is 88.2 Å². The second-order valence-corrected chi connectivity index (χ2v) is 6.12. The zero-order chi connectivity index (χ0) is 15.2. The van der Waals surface area contributed by atoms with Crippen LogP contribution in [0.4, 0.5) is 5.69 Å². The van der Waals surface area contributed by atoms with Gasteiger partial charge in [-0.15, -0.1) is 11.3 Å². The molecule has 0 spiro atoms. The Labute approximate surface area is 128 Å². The van der Waals surface area contributed by atoms with Gasteiger partial charge >= 0.3 is 0 Å². The molecule has 2 heterocycles. The van der Waals surface area contributed by atoms with E-state index in [1.165, 1.54) is 11.3 Å². The molecule has 0 saturated carbocycles. The molecule has 2 aromatic heterocycles. The van der Waals surface area contributed by atoms with Crippen LogP contribution in [0.3, 0.4) is 0 Å². The van der Waals surface area contributed by atoms with Crippen molar-refractivity contribution < 1.29 is 9.90 Å². The van der Waals surface area contributed by atoms with Crippen LogP contribution in [-0.4, -0.2) is 29.1 Å². The highest BCUT2D eigenvalue weighted by atomic mass is 32.1. The summed E-state index contributed by atoms with van der Waals surface area (Å²) in [6.07, 6.45) is 4.41. The van der Waals surface area contributed by atoms with Crippen LogP contribution >= 0.6 is 11.3 Å². The van der Waals surface area contributed by atoms with Gasteiger partial charge in [0.1, 0.15) is 10.4 Å². The Morgan fingerprint density at radius 1 is 1.52 bits per heavy atom. The van der Waals surface area contributed by atoms with Gasteiger partial charge in [-0.05, 0) is 30.9 Å². The molecule has 0 aliphatic heterocycles. The van der Waals surface area contributed by atoms with Crippen molar-refractivity contribution in [3.8, 4) is 0 Å². The van der Waals surface area contributed by atoms with E-state index in [-0.39, 0.29) is 12.5 Å². The van der Waals surface area contributed by atoms with Crippen molar-refractivity contribution >= 4 is 33.1 Å². The molecule has 1 unspecified atom stereocenters. The van der Waals surface area contributed by atoms with Crippen molar-refractivity contribution in [2.45, 2.75) is 26.2 Å². The summed E-state index contributed by atoms with van der Waals surface area (Å²) in [5.74, 6) is 0.146. The van der Waals surface area contributed by atoms with Gasteiger partial charge in [-0.3, -0.25) is 9.78 Å². The van der Waals surface area contributed by atoms with Gasteiger partial charge in [0, 0.05) is 19.3 Å². The number of amides is 1. The lowest BCUT2D eigenvalue weighted by atomic mass is 10.0. The fourth-order valence-corrected chi connectivity index (χ4v) is 3.37. The molecule has 114 valence electrons. The van der Waals surface area contributed by atoms with Crippen LogP contribution in [0.25, 0.3) is 10.2 Å². The van der Waals surface area contributed by atoms with Crippen LogP contribution in [0.15, 0.2) is 18.3 Å². The van der Waals surface area contributed by atoms with Gasteiger partial charge < -0.3 is 16.2 Å². The van der Waals surface area contributed by atoms with Crippen LogP contribution in [0.5, 0.6) is 0 Å². The van der Waals surface area contributed by atoms with E-state index in [9.17, 15) is 4.79 Å². The first kappa shape index (κ1) is 15.7. The van der Waals surface area contributed by atoms with Crippen molar-refractivity contribution in [2.75, 3.05) is 18.9 Å². The number of carbonyl (C=O) groups is 1. The van der Waals surface area contributed by atoms with Crippen LogP contribution in [0.1, 0.15) is 35.9 Å². The molecule has 2 rings (SSSR count). The van der Waals surface area contributed by atoms with E-state index in [1.54, 1.807) is 6.20 Å². The summed E-state index contributed by atoms with van der Waals surface area (Å²) in [5, 5.41) is 12.0. The number of fused-ring (bicyclic) bond motifs is 1. The van der Waals surface area contributed by atoms with Crippen LogP contribution < -0.4 is 11.1 Å². The Balaban J connectivity index is 2.06. The third-order valence-electron chi connectivity index (χ3n) is 3.47. The highest BCUT2D eigenvalue weighted by Crippen LogP contribution is 2.31. The van der Waals surface area contributed by atoms with Gasteiger partial charge in [0.2, 0.25) is 0 Å². The number of nitrogens with zero attached hydrogens (tertiary/aromatic N) is 1. The number of pyridine rings is 1. The highest BCUT2D eigenvalue weighted by molar-refractivity contribution is 7.21. The third-order valence-corrected chi connectivity index (χ3v) is 4.63. The number of nitrogen functional groups attached to an aromatic ring is 1. The second kappa shape index (κ2) is 7.38. The standard InChI is InChI=1S/C15H21N3O2S/c1-2-4-10(6-8-19)9-18-15(20)14-12(16)13-11(21-14)5-3-7-17-13/h3,5,7,10,19H,2,4,6,8-9,16H2,1H3,(H,18,20). The number of thiophene rings is 1. The molecule has 0 saturated heterocycles. The first-order chi connectivity index (χ1) is 10.2. The Morgan fingerprint density at radius 2 is 2.33 bits per heavy atom. The Morgan fingerprint density at radius 3 is 3.00 bits per heavy atom. The lowest BCUT2D eigenvalue weighted by Crippen LogP contribution is -2.29. The second-order valence-electron chi connectivity index (χ2n) is 5.07. The fourth-order valence-electron chi connectivity index (χ4n) is 2.37. The van der Waals surface area contributed by atoms with E-state index in [1.807, 2.05) is 12.1 Å².